The van der Waals surface area contributed by atoms with Crippen molar-refractivity contribution in [2.75, 3.05) is 0 Å². The Morgan fingerprint density at radius 3 is 2.42 bits per heavy atom. The van der Waals surface area contributed by atoms with Gasteiger partial charge in [0, 0.05) is 5.54 Å². The molecule has 3 heteroatoms. The Bertz CT molecular complexity index is 518. The fraction of sp³-hybridized carbons (Fsp3) is 0.438. The van der Waals surface area contributed by atoms with Crippen LogP contribution in [0.4, 0.5) is 0 Å². The molecule has 0 aliphatic rings. The van der Waals surface area contributed by atoms with Crippen LogP contribution >= 0.6 is 0 Å². The van der Waals surface area contributed by atoms with E-state index in [1.54, 1.807) is 0 Å². The van der Waals surface area contributed by atoms with Crippen molar-refractivity contribution in [1.82, 2.24) is 15.3 Å². The van der Waals surface area contributed by atoms with Gasteiger partial charge in [-0.3, -0.25) is 0 Å². The van der Waals surface area contributed by atoms with E-state index in [2.05, 4.69) is 67.2 Å². The second-order valence-corrected chi connectivity index (χ2v) is 5.90. The highest BCUT2D eigenvalue weighted by Gasteiger charge is 2.10. The van der Waals surface area contributed by atoms with E-state index in [1.165, 1.54) is 11.1 Å². The Balaban J connectivity index is 2.07. The summed E-state index contributed by atoms with van der Waals surface area (Å²) in [4.78, 5) is 7.79. The number of hydrogen-bond donors (Lipinski definition) is 2. The lowest BCUT2D eigenvalue weighted by atomic mass is 10.1. The second kappa shape index (κ2) is 5.57. The van der Waals surface area contributed by atoms with Crippen molar-refractivity contribution in [3.63, 3.8) is 0 Å². The lowest BCUT2D eigenvalue weighted by Crippen LogP contribution is -2.35. The average Bonchev–Trinajstić information content (AvgIpc) is 2.84. The third-order valence-electron chi connectivity index (χ3n) is 3.09. The number of imidazole rings is 1. The van der Waals surface area contributed by atoms with Gasteiger partial charge in [-0.15, -0.1) is 0 Å². The molecule has 1 heterocycles. The number of H-pyrrole nitrogens is 1. The first-order valence-electron chi connectivity index (χ1n) is 6.86. The number of rotatable bonds is 4. The molecule has 2 N–H and O–H groups in total. The van der Waals surface area contributed by atoms with Gasteiger partial charge in [-0.05, 0) is 38.3 Å². The van der Waals surface area contributed by atoms with E-state index in [1.807, 2.05) is 6.20 Å². The highest BCUT2D eigenvalue weighted by Crippen LogP contribution is 2.18. The van der Waals surface area contributed by atoms with Crippen LogP contribution in [0, 0.1) is 0 Å². The molecular weight excluding hydrogens is 234 g/mol. The molecule has 19 heavy (non-hydrogen) atoms. The molecule has 0 radical (unpaired) electrons. The minimum absolute atomic E-state index is 0.107. The number of hydrogen-bond acceptors (Lipinski definition) is 2. The minimum atomic E-state index is 0.107. The number of nitrogens with zero attached hydrogens (tertiary/aromatic N) is 1. The molecule has 0 aliphatic carbocycles. The average molecular weight is 257 g/mol. The molecule has 0 fully saturated rings. The molecule has 0 atom stereocenters. The summed E-state index contributed by atoms with van der Waals surface area (Å²) in [5.41, 5.74) is 3.73. The van der Waals surface area contributed by atoms with Gasteiger partial charge >= 0.3 is 0 Å². The van der Waals surface area contributed by atoms with E-state index in [4.69, 9.17) is 0 Å². The summed E-state index contributed by atoms with van der Waals surface area (Å²) in [6.45, 7) is 9.39. The standard InChI is InChI=1S/C16H23N3/c1-5-12-6-8-13(9-7-12)14-10-17-15(19-14)11-18-16(2,3)4/h6-10,18H,5,11H2,1-4H3,(H,17,19). The van der Waals surface area contributed by atoms with Crippen molar-refractivity contribution < 1.29 is 0 Å². The lowest BCUT2D eigenvalue weighted by molar-refractivity contribution is 0.418. The maximum absolute atomic E-state index is 4.42. The van der Waals surface area contributed by atoms with E-state index in [-0.39, 0.29) is 5.54 Å². The number of nitrogens with one attached hydrogen (secondary N) is 2. The highest BCUT2D eigenvalue weighted by molar-refractivity contribution is 5.58. The molecule has 102 valence electrons. The van der Waals surface area contributed by atoms with E-state index in [9.17, 15) is 0 Å². The van der Waals surface area contributed by atoms with Gasteiger partial charge in [0.1, 0.15) is 5.82 Å². The maximum Gasteiger partial charge on any atom is 0.120 e. The zero-order valence-corrected chi connectivity index (χ0v) is 12.2. The molecule has 1 aromatic heterocycles. The lowest BCUT2D eigenvalue weighted by Gasteiger charge is -2.19. The largest absolute Gasteiger partial charge is 0.341 e. The molecule has 0 spiro atoms. The molecule has 2 rings (SSSR count). The van der Waals surface area contributed by atoms with Crippen LogP contribution in [0.5, 0.6) is 0 Å². The van der Waals surface area contributed by atoms with Crippen LogP contribution in [-0.4, -0.2) is 15.5 Å². The Morgan fingerprint density at radius 2 is 1.84 bits per heavy atom. The van der Waals surface area contributed by atoms with Crippen molar-refractivity contribution in [3.8, 4) is 11.3 Å². The summed E-state index contributed by atoms with van der Waals surface area (Å²) in [5, 5.41) is 3.43. The van der Waals surface area contributed by atoms with Gasteiger partial charge in [0.05, 0.1) is 18.4 Å². The van der Waals surface area contributed by atoms with Gasteiger partial charge < -0.3 is 10.3 Å². The molecule has 1 aromatic carbocycles. The summed E-state index contributed by atoms with van der Waals surface area (Å²) in [6, 6.07) is 8.63. The van der Waals surface area contributed by atoms with Crippen LogP contribution in [0.2, 0.25) is 0 Å². The van der Waals surface area contributed by atoms with E-state index < -0.39 is 0 Å². The number of aryl methyl sites for hydroxylation is 1. The molecule has 0 bridgehead atoms. The smallest absolute Gasteiger partial charge is 0.120 e. The van der Waals surface area contributed by atoms with Gasteiger partial charge in [-0.25, -0.2) is 4.98 Å². The van der Waals surface area contributed by atoms with Gasteiger partial charge in [-0.2, -0.15) is 0 Å². The molecule has 0 saturated heterocycles. The van der Waals surface area contributed by atoms with Gasteiger partial charge in [0.2, 0.25) is 0 Å². The Morgan fingerprint density at radius 1 is 1.16 bits per heavy atom. The minimum Gasteiger partial charge on any atom is -0.341 e. The normalized spacial score (nSPS) is 11.8. The first kappa shape index (κ1) is 13.8. The van der Waals surface area contributed by atoms with Crippen molar-refractivity contribution in [2.45, 2.75) is 46.2 Å². The van der Waals surface area contributed by atoms with Crippen LogP contribution in [0.25, 0.3) is 11.3 Å². The summed E-state index contributed by atoms with van der Waals surface area (Å²) < 4.78 is 0. The van der Waals surface area contributed by atoms with Gasteiger partial charge in [0.15, 0.2) is 0 Å². The molecule has 3 nitrogen and oxygen atoms in total. The molecule has 0 amide bonds. The fourth-order valence-corrected chi connectivity index (χ4v) is 1.87. The van der Waals surface area contributed by atoms with Gasteiger partial charge in [0.25, 0.3) is 0 Å². The predicted molar refractivity (Wildman–Crippen MR) is 80.0 cm³/mol. The zero-order chi connectivity index (χ0) is 13.9. The van der Waals surface area contributed by atoms with Crippen molar-refractivity contribution in [3.05, 3.63) is 41.9 Å². The molecule has 0 aliphatic heterocycles. The third-order valence-corrected chi connectivity index (χ3v) is 3.09. The first-order valence-corrected chi connectivity index (χ1v) is 6.86. The Labute approximate surface area is 115 Å². The second-order valence-electron chi connectivity index (χ2n) is 5.90. The van der Waals surface area contributed by atoms with E-state index >= 15 is 0 Å². The summed E-state index contributed by atoms with van der Waals surface area (Å²) >= 11 is 0. The third kappa shape index (κ3) is 3.93. The fourth-order valence-electron chi connectivity index (χ4n) is 1.87. The molecule has 2 aromatic rings. The quantitative estimate of drug-likeness (QED) is 0.879. The highest BCUT2D eigenvalue weighted by atomic mass is 15.0. The van der Waals surface area contributed by atoms with Crippen molar-refractivity contribution >= 4 is 0 Å². The monoisotopic (exact) mass is 257 g/mol. The number of aromatic amines is 1. The first-order chi connectivity index (χ1) is 8.98. The van der Waals surface area contributed by atoms with Crippen molar-refractivity contribution in [1.29, 1.82) is 0 Å². The maximum atomic E-state index is 4.42. The van der Waals surface area contributed by atoms with Crippen LogP contribution in [-0.2, 0) is 13.0 Å². The van der Waals surface area contributed by atoms with Crippen LogP contribution in [0.3, 0.4) is 0 Å². The summed E-state index contributed by atoms with van der Waals surface area (Å²) in [5.74, 6) is 0.976. The van der Waals surface area contributed by atoms with Crippen LogP contribution in [0.15, 0.2) is 30.5 Å². The molecular formula is C16H23N3. The zero-order valence-electron chi connectivity index (χ0n) is 12.2. The predicted octanol–water partition coefficient (Wildman–Crippen LogP) is 3.53. The number of benzene rings is 1. The summed E-state index contributed by atoms with van der Waals surface area (Å²) in [7, 11) is 0. The van der Waals surface area contributed by atoms with Crippen molar-refractivity contribution in [2.24, 2.45) is 0 Å². The summed E-state index contributed by atoms with van der Waals surface area (Å²) in [6.07, 6.45) is 2.98. The SMILES string of the molecule is CCc1ccc(-c2cnc(CNC(C)(C)C)[nH]2)cc1. The van der Waals surface area contributed by atoms with Crippen LogP contribution in [0.1, 0.15) is 39.1 Å². The van der Waals surface area contributed by atoms with Gasteiger partial charge in [-0.1, -0.05) is 31.2 Å². The molecule has 0 unspecified atom stereocenters. The van der Waals surface area contributed by atoms with Crippen LogP contribution < -0.4 is 5.32 Å². The topological polar surface area (TPSA) is 40.7 Å². The molecule has 0 saturated carbocycles. The van der Waals surface area contributed by atoms with E-state index in [0.29, 0.717) is 0 Å². The van der Waals surface area contributed by atoms with E-state index in [0.717, 1.165) is 24.5 Å². The number of aromatic nitrogens is 2. The Hall–Kier alpha value is -1.61. The Kier molecular flexibility index (Phi) is 4.05.